The molecule has 6 rings (SSSR count). The summed E-state index contributed by atoms with van der Waals surface area (Å²) < 4.78 is 3.83. The van der Waals surface area contributed by atoms with Crippen LogP contribution in [0.2, 0.25) is 0 Å². The summed E-state index contributed by atoms with van der Waals surface area (Å²) in [5, 5.41) is 0. The van der Waals surface area contributed by atoms with Gasteiger partial charge in [-0.15, -0.1) is 0 Å². The van der Waals surface area contributed by atoms with Crippen molar-refractivity contribution in [2.24, 2.45) is 0 Å². The first-order chi connectivity index (χ1) is 5.93. The normalized spacial score (nSPS) is 11.3. The highest BCUT2D eigenvalue weighted by molar-refractivity contribution is 5.57. The molecule has 6 aromatic rings. The third-order valence-electron chi connectivity index (χ3n) is 2.06. The molecule has 0 aliphatic rings. The molecule has 1 aromatic carbocycles. The van der Waals surface area contributed by atoms with Crippen LogP contribution in [0.3, 0.4) is 0 Å². The van der Waals surface area contributed by atoms with Crippen molar-refractivity contribution in [2.45, 2.75) is 0 Å². The molecule has 2 nitrogen and oxygen atoms in total. The van der Waals surface area contributed by atoms with Gasteiger partial charge in [0.05, 0.1) is 12.4 Å². The lowest BCUT2D eigenvalue weighted by atomic mass is 10.3. The van der Waals surface area contributed by atoms with E-state index in [-0.39, 0.29) is 0 Å². The summed E-state index contributed by atoms with van der Waals surface area (Å²) in [4.78, 5) is 0. The average molecular weight is 154 g/mol. The zero-order chi connectivity index (χ0) is 7.97. The molecule has 5 heterocycles. The zero-order valence-corrected chi connectivity index (χ0v) is 6.36. The van der Waals surface area contributed by atoms with Gasteiger partial charge in [0.1, 0.15) is 0 Å². The third-order valence-corrected chi connectivity index (χ3v) is 2.06. The first-order valence-corrected chi connectivity index (χ1v) is 3.81. The van der Waals surface area contributed by atoms with E-state index in [1.165, 1.54) is 0 Å². The minimum atomic E-state index is 1.13. The predicted molar refractivity (Wildman–Crippen MR) is 46.0 cm³/mol. The maximum Gasteiger partial charge on any atom is 0.0881 e. The summed E-state index contributed by atoms with van der Waals surface area (Å²) in [5.74, 6) is 0. The summed E-state index contributed by atoms with van der Waals surface area (Å²) >= 11 is 0. The van der Waals surface area contributed by atoms with Gasteiger partial charge in [-0.05, 0) is 24.3 Å². The molecule has 4 bridgehead atoms. The second kappa shape index (κ2) is 1.91. The number of rotatable bonds is 0. The van der Waals surface area contributed by atoms with Gasteiger partial charge in [-0.25, -0.2) is 0 Å². The van der Waals surface area contributed by atoms with Gasteiger partial charge >= 0.3 is 0 Å². The molecule has 0 unspecified atom stereocenters. The monoisotopic (exact) mass is 154 g/mol. The molecular weight excluding hydrogens is 148 g/mol. The minimum Gasteiger partial charge on any atom is -0.312 e. The Morgan fingerprint density at radius 3 is 1.50 bits per heavy atom. The van der Waals surface area contributed by atoms with E-state index >= 15 is 0 Å². The molecule has 2 radical (unpaired) electrons. The van der Waals surface area contributed by atoms with Crippen LogP contribution >= 0.6 is 0 Å². The van der Waals surface area contributed by atoms with E-state index in [1.807, 2.05) is 21.2 Å². The topological polar surface area (TPSA) is 8.82 Å². The molecule has 0 aliphatic carbocycles. The Kier molecular flexibility index (Phi) is 0.939. The quantitative estimate of drug-likeness (QED) is 0.467. The summed E-state index contributed by atoms with van der Waals surface area (Å²) in [6.07, 6.45) is 9.97. The Hall–Kier alpha value is -1.70. The molecule has 0 N–H and O–H groups in total. The molecule has 0 atom stereocenters. The molecule has 0 fully saturated rings. The molecule has 0 aliphatic heterocycles. The molecular formula is C10H6N2. The van der Waals surface area contributed by atoms with E-state index in [4.69, 9.17) is 0 Å². The first-order valence-electron chi connectivity index (χ1n) is 3.81. The number of nitrogens with zero attached hydrogens (tertiary/aromatic N) is 2. The highest BCUT2D eigenvalue weighted by Gasteiger charge is 1.93. The fourth-order valence-corrected chi connectivity index (χ4v) is 1.39. The van der Waals surface area contributed by atoms with E-state index in [0.29, 0.717) is 0 Å². The van der Waals surface area contributed by atoms with Crippen LogP contribution in [0.1, 0.15) is 0 Å². The van der Waals surface area contributed by atoms with Gasteiger partial charge in [0.25, 0.3) is 0 Å². The lowest BCUT2D eigenvalue weighted by molar-refractivity contribution is 1.02. The first kappa shape index (κ1) is 5.89. The second-order valence-corrected chi connectivity index (χ2v) is 2.77. The predicted octanol–water partition coefficient (Wildman–Crippen LogP) is 1.79. The average Bonchev–Trinajstić information content (AvgIpc) is 2.13. The van der Waals surface area contributed by atoms with Crippen molar-refractivity contribution in [3.8, 4) is 0 Å². The van der Waals surface area contributed by atoms with Gasteiger partial charge in [-0.3, -0.25) is 0 Å². The van der Waals surface area contributed by atoms with Gasteiger partial charge in [0.15, 0.2) is 0 Å². The fourth-order valence-electron chi connectivity index (χ4n) is 1.39. The van der Waals surface area contributed by atoms with E-state index < -0.39 is 0 Å². The van der Waals surface area contributed by atoms with Crippen LogP contribution in [0.15, 0.2) is 36.7 Å². The lowest BCUT2D eigenvalue weighted by Gasteiger charge is -2.04. The van der Waals surface area contributed by atoms with Crippen LogP contribution in [-0.2, 0) is 0 Å². The molecule has 56 valence electrons. The largest absolute Gasteiger partial charge is 0.312 e. The summed E-state index contributed by atoms with van der Waals surface area (Å²) in [6.45, 7) is 0. The molecule has 5 aromatic heterocycles. The Morgan fingerprint density at radius 2 is 1.17 bits per heavy atom. The second-order valence-electron chi connectivity index (χ2n) is 2.77. The number of hydrogen-bond donors (Lipinski definition) is 0. The van der Waals surface area contributed by atoms with Crippen molar-refractivity contribution in [2.75, 3.05) is 0 Å². The van der Waals surface area contributed by atoms with Gasteiger partial charge < -0.3 is 8.80 Å². The van der Waals surface area contributed by atoms with Gasteiger partial charge in [-0.1, -0.05) is 0 Å². The SMILES string of the molecule is [c]1cn2[c]cn1c1ccc2cc1. The maximum absolute atomic E-state index is 3.11. The molecule has 12 heavy (non-hydrogen) atoms. The standard InChI is InChI=1S/C10H6N2/c1-2-10-4-3-9(1)11-5-7-12(10)8-6-11/h1-5,8H. The summed E-state index contributed by atoms with van der Waals surface area (Å²) in [5.41, 5.74) is 2.25. The lowest BCUT2D eigenvalue weighted by Crippen LogP contribution is -1.94. The molecule has 0 saturated heterocycles. The van der Waals surface area contributed by atoms with Gasteiger partial charge in [-0.2, -0.15) is 0 Å². The van der Waals surface area contributed by atoms with Crippen molar-refractivity contribution >= 4 is 11.0 Å². The van der Waals surface area contributed by atoms with Gasteiger partial charge in [0.2, 0.25) is 0 Å². The van der Waals surface area contributed by atoms with Crippen molar-refractivity contribution in [1.29, 1.82) is 0 Å². The van der Waals surface area contributed by atoms with E-state index in [2.05, 4.69) is 36.7 Å². The Morgan fingerprint density at radius 1 is 0.750 bits per heavy atom. The smallest absolute Gasteiger partial charge is 0.0881 e. The molecule has 2 heteroatoms. The fraction of sp³-hybridized carbons (Fsp3) is 0. The number of aromatic nitrogens is 2. The van der Waals surface area contributed by atoms with E-state index in [9.17, 15) is 0 Å². The van der Waals surface area contributed by atoms with Crippen LogP contribution in [-0.4, -0.2) is 8.80 Å². The summed E-state index contributed by atoms with van der Waals surface area (Å²) in [6, 6.07) is 8.28. The highest BCUT2D eigenvalue weighted by Crippen LogP contribution is 2.07. The van der Waals surface area contributed by atoms with Crippen molar-refractivity contribution in [3.05, 3.63) is 49.1 Å². The van der Waals surface area contributed by atoms with Crippen LogP contribution in [0.4, 0.5) is 0 Å². The Labute approximate surface area is 69.7 Å². The molecule has 0 amide bonds. The van der Waals surface area contributed by atoms with Crippen LogP contribution < -0.4 is 0 Å². The molecule has 0 spiro atoms. The maximum atomic E-state index is 3.11. The summed E-state index contributed by atoms with van der Waals surface area (Å²) in [7, 11) is 0. The van der Waals surface area contributed by atoms with Gasteiger partial charge in [0, 0.05) is 23.4 Å². The number of hydrogen-bond acceptors (Lipinski definition) is 0. The highest BCUT2D eigenvalue weighted by atomic mass is 14.9. The molecule has 0 saturated carbocycles. The Balaban J connectivity index is 2.81. The van der Waals surface area contributed by atoms with Crippen molar-refractivity contribution < 1.29 is 0 Å². The Bertz CT molecular complexity index is 392. The van der Waals surface area contributed by atoms with Crippen molar-refractivity contribution in [1.82, 2.24) is 8.80 Å². The van der Waals surface area contributed by atoms with Crippen LogP contribution in [0.5, 0.6) is 0 Å². The number of benzene rings is 1. The van der Waals surface area contributed by atoms with Crippen LogP contribution in [0.25, 0.3) is 11.0 Å². The third kappa shape index (κ3) is 0.639. The van der Waals surface area contributed by atoms with E-state index in [1.54, 1.807) is 0 Å². The van der Waals surface area contributed by atoms with Crippen molar-refractivity contribution in [3.63, 3.8) is 0 Å². The zero-order valence-electron chi connectivity index (χ0n) is 6.36. The van der Waals surface area contributed by atoms with E-state index in [0.717, 1.165) is 11.0 Å². The van der Waals surface area contributed by atoms with Crippen LogP contribution in [0, 0.1) is 12.4 Å². The minimum absolute atomic E-state index is 1.13.